The summed E-state index contributed by atoms with van der Waals surface area (Å²) >= 11 is 5.86. The quantitative estimate of drug-likeness (QED) is 0.787. The van der Waals surface area contributed by atoms with Crippen LogP contribution in [0.5, 0.6) is 0 Å². The van der Waals surface area contributed by atoms with Crippen molar-refractivity contribution >= 4 is 17.5 Å². The van der Waals surface area contributed by atoms with Gasteiger partial charge < -0.3 is 5.32 Å². The lowest BCUT2D eigenvalue weighted by Crippen LogP contribution is -2.34. The molecule has 1 rings (SSSR count). The van der Waals surface area contributed by atoms with Gasteiger partial charge in [-0.1, -0.05) is 30.3 Å². The number of alkyl halides is 1. The first kappa shape index (κ1) is 13.0. The Hall–Kier alpha value is -1.02. The summed E-state index contributed by atoms with van der Waals surface area (Å²) in [5.41, 5.74) is 1.03. The molecule has 3 heteroatoms. The van der Waals surface area contributed by atoms with Gasteiger partial charge in [0.25, 0.3) is 0 Å². The van der Waals surface area contributed by atoms with Gasteiger partial charge in [0, 0.05) is 11.4 Å². The van der Waals surface area contributed by atoms with Crippen LogP contribution in [0.2, 0.25) is 0 Å². The minimum absolute atomic E-state index is 0.0519. The second-order valence-corrected chi connectivity index (χ2v) is 4.89. The molecule has 0 bridgehead atoms. The Morgan fingerprint density at radius 2 is 1.94 bits per heavy atom. The predicted molar refractivity (Wildman–Crippen MR) is 67.7 cm³/mol. The van der Waals surface area contributed by atoms with Crippen LogP contribution in [0.1, 0.15) is 25.8 Å². The van der Waals surface area contributed by atoms with E-state index < -0.39 is 0 Å². The van der Waals surface area contributed by atoms with Crippen molar-refractivity contribution in [3.8, 4) is 0 Å². The van der Waals surface area contributed by atoms with E-state index in [1.165, 1.54) is 0 Å². The van der Waals surface area contributed by atoms with Crippen LogP contribution in [0, 0.1) is 0 Å². The zero-order chi connectivity index (χ0) is 12.0. The second kappa shape index (κ2) is 6.54. The van der Waals surface area contributed by atoms with E-state index in [9.17, 15) is 4.79 Å². The van der Waals surface area contributed by atoms with Crippen molar-refractivity contribution in [2.24, 2.45) is 0 Å². The highest BCUT2D eigenvalue weighted by Gasteiger charge is 2.10. The van der Waals surface area contributed by atoms with E-state index in [2.05, 4.69) is 5.32 Å². The first-order valence-corrected chi connectivity index (χ1v) is 5.99. The summed E-state index contributed by atoms with van der Waals surface area (Å²) < 4.78 is 0. The number of carbonyl (C=O) groups excluding carboxylic acids is 1. The molecular weight excluding hydrogens is 222 g/mol. The van der Waals surface area contributed by atoms with Crippen molar-refractivity contribution in [1.82, 2.24) is 5.32 Å². The van der Waals surface area contributed by atoms with Gasteiger partial charge in [-0.25, -0.2) is 0 Å². The van der Waals surface area contributed by atoms with Crippen molar-refractivity contribution in [1.29, 1.82) is 0 Å². The van der Waals surface area contributed by atoms with Crippen LogP contribution in [-0.4, -0.2) is 17.3 Å². The number of rotatable bonds is 5. The van der Waals surface area contributed by atoms with Gasteiger partial charge >= 0.3 is 0 Å². The van der Waals surface area contributed by atoms with Gasteiger partial charge in [-0.3, -0.25) is 4.79 Å². The first-order chi connectivity index (χ1) is 7.58. The third-order valence-corrected chi connectivity index (χ3v) is 2.47. The van der Waals surface area contributed by atoms with Crippen molar-refractivity contribution in [2.75, 3.05) is 0 Å². The van der Waals surface area contributed by atoms with Crippen LogP contribution in [0.3, 0.4) is 0 Å². The van der Waals surface area contributed by atoms with Gasteiger partial charge in [0.1, 0.15) is 0 Å². The molecule has 2 unspecified atom stereocenters. The molecule has 0 aromatic heterocycles. The van der Waals surface area contributed by atoms with Crippen LogP contribution in [0.15, 0.2) is 30.3 Å². The van der Waals surface area contributed by atoms with E-state index in [0.717, 1.165) is 12.0 Å². The van der Waals surface area contributed by atoms with Crippen LogP contribution in [-0.2, 0) is 11.2 Å². The van der Waals surface area contributed by atoms with Gasteiger partial charge in [-0.15, -0.1) is 11.6 Å². The fraction of sp³-hybridized carbons (Fsp3) is 0.462. The maximum atomic E-state index is 11.7. The number of halogens is 1. The monoisotopic (exact) mass is 239 g/mol. The minimum Gasteiger partial charge on any atom is -0.353 e. The Morgan fingerprint density at radius 1 is 1.31 bits per heavy atom. The standard InChI is InChI=1S/C13H18ClNO/c1-10(14)8-11(2)15-13(16)9-12-6-4-3-5-7-12/h3-7,10-11H,8-9H2,1-2H3,(H,15,16). The van der Waals surface area contributed by atoms with Crippen LogP contribution in [0.4, 0.5) is 0 Å². The summed E-state index contributed by atoms with van der Waals surface area (Å²) in [4.78, 5) is 11.7. The molecule has 2 nitrogen and oxygen atoms in total. The van der Waals surface area contributed by atoms with Crippen molar-refractivity contribution < 1.29 is 4.79 Å². The molecule has 0 aliphatic rings. The SMILES string of the molecule is CC(Cl)CC(C)NC(=O)Cc1ccccc1. The highest BCUT2D eigenvalue weighted by molar-refractivity contribution is 6.20. The fourth-order valence-electron chi connectivity index (χ4n) is 1.65. The molecule has 0 saturated heterocycles. The Labute approximate surface area is 102 Å². The van der Waals surface area contributed by atoms with E-state index >= 15 is 0 Å². The molecule has 16 heavy (non-hydrogen) atoms. The molecule has 0 heterocycles. The molecular formula is C13H18ClNO. The highest BCUT2D eigenvalue weighted by atomic mass is 35.5. The molecule has 0 aliphatic heterocycles. The zero-order valence-electron chi connectivity index (χ0n) is 9.74. The third-order valence-electron chi connectivity index (χ3n) is 2.29. The van der Waals surface area contributed by atoms with Crippen LogP contribution < -0.4 is 5.32 Å². The Balaban J connectivity index is 2.36. The maximum absolute atomic E-state index is 11.7. The maximum Gasteiger partial charge on any atom is 0.224 e. The summed E-state index contributed by atoms with van der Waals surface area (Å²) in [6.45, 7) is 3.91. The average molecular weight is 240 g/mol. The Bertz CT molecular complexity index is 324. The van der Waals surface area contributed by atoms with E-state index in [1.807, 2.05) is 44.2 Å². The molecule has 1 aromatic rings. The number of nitrogens with one attached hydrogen (secondary N) is 1. The van der Waals surface area contributed by atoms with Crippen molar-refractivity contribution in [3.63, 3.8) is 0 Å². The second-order valence-electron chi connectivity index (χ2n) is 4.15. The Kier molecular flexibility index (Phi) is 5.33. The Morgan fingerprint density at radius 3 is 2.50 bits per heavy atom. The molecule has 0 saturated carbocycles. The number of carbonyl (C=O) groups is 1. The summed E-state index contributed by atoms with van der Waals surface area (Å²) in [5.74, 6) is 0.0519. The highest BCUT2D eigenvalue weighted by Crippen LogP contribution is 2.05. The first-order valence-electron chi connectivity index (χ1n) is 5.55. The lowest BCUT2D eigenvalue weighted by atomic mass is 10.1. The van der Waals surface area contributed by atoms with E-state index in [-0.39, 0.29) is 17.3 Å². The zero-order valence-corrected chi connectivity index (χ0v) is 10.5. The molecule has 1 N–H and O–H groups in total. The summed E-state index contributed by atoms with van der Waals surface area (Å²) in [6, 6.07) is 9.85. The molecule has 88 valence electrons. The van der Waals surface area contributed by atoms with Crippen LogP contribution >= 0.6 is 11.6 Å². The molecule has 1 aromatic carbocycles. The van der Waals surface area contributed by atoms with Gasteiger partial charge in [-0.2, -0.15) is 0 Å². The predicted octanol–water partition coefficient (Wildman–Crippen LogP) is 2.75. The van der Waals surface area contributed by atoms with E-state index in [4.69, 9.17) is 11.6 Å². The van der Waals surface area contributed by atoms with Crippen molar-refractivity contribution in [2.45, 2.75) is 38.1 Å². The van der Waals surface area contributed by atoms with Gasteiger partial charge in [0.05, 0.1) is 6.42 Å². The molecule has 0 aliphatic carbocycles. The van der Waals surface area contributed by atoms with E-state index in [1.54, 1.807) is 0 Å². The summed E-state index contributed by atoms with van der Waals surface area (Å²) in [6.07, 6.45) is 1.23. The largest absolute Gasteiger partial charge is 0.353 e. The topological polar surface area (TPSA) is 29.1 Å². The molecule has 0 fully saturated rings. The lowest BCUT2D eigenvalue weighted by Gasteiger charge is -2.14. The molecule has 1 amide bonds. The smallest absolute Gasteiger partial charge is 0.224 e. The van der Waals surface area contributed by atoms with Gasteiger partial charge in [-0.05, 0) is 25.8 Å². The molecule has 0 radical (unpaired) electrons. The van der Waals surface area contributed by atoms with Gasteiger partial charge in [0.2, 0.25) is 5.91 Å². The van der Waals surface area contributed by atoms with Crippen LogP contribution in [0.25, 0.3) is 0 Å². The number of hydrogen-bond acceptors (Lipinski definition) is 1. The number of hydrogen-bond donors (Lipinski definition) is 1. The van der Waals surface area contributed by atoms with Crippen molar-refractivity contribution in [3.05, 3.63) is 35.9 Å². The minimum atomic E-state index is 0.0519. The molecule has 0 spiro atoms. The fourth-order valence-corrected chi connectivity index (χ4v) is 1.92. The lowest BCUT2D eigenvalue weighted by molar-refractivity contribution is -0.121. The van der Waals surface area contributed by atoms with E-state index in [0.29, 0.717) is 6.42 Å². The molecule has 2 atom stereocenters. The summed E-state index contributed by atoms with van der Waals surface area (Å²) in [7, 11) is 0. The number of amides is 1. The third kappa shape index (κ3) is 5.17. The average Bonchev–Trinajstić information content (AvgIpc) is 2.17. The van der Waals surface area contributed by atoms with Gasteiger partial charge in [0.15, 0.2) is 0 Å². The number of benzene rings is 1. The normalized spacial score (nSPS) is 14.2. The summed E-state index contributed by atoms with van der Waals surface area (Å²) in [5, 5.41) is 3.03.